The van der Waals surface area contributed by atoms with Crippen molar-refractivity contribution in [3.05, 3.63) is 17.5 Å². The summed E-state index contributed by atoms with van der Waals surface area (Å²) in [6.45, 7) is 5.10. The van der Waals surface area contributed by atoms with E-state index in [0.29, 0.717) is 18.4 Å². The molecule has 94 valence electrons. The van der Waals surface area contributed by atoms with E-state index in [2.05, 4.69) is 10.5 Å². The van der Waals surface area contributed by atoms with Crippen molar-refractivity contribution in [3.8, 4) is 0 Å². The number of carboxylic acids is 1. The number of hydrogen-bond acceptors (Lipinski definition) is 4. The largest absolute Gasteiger partial charge is 0.480 e. The first kappa shape index (κ1) is 13.2. The third-order valence-corrected chi connectivity index (χ3v) is 2.92. The molecule has 0 aliphatic rings. The monoisotopic (exact) mass is 240 g/mol. The zero-order chi connectivity index (χ0) is 13.1. The lowest BCUT2D eigenvalue weighted by Crippen LogP contribution is -2.53. The van der Waals surface area contributed by atoms with Gasteiger partial charge in [-0.05, 0) is 19.8 Å². The maximum atomic E-state index is 11.9. The molecule has 6 nitrogen and oxygen atoms in total. The van der Waals surface area contributed by atoms with Crippen LogP contribution in [0.3, 0.4) is 0 Å². The molecular formula is C11H16N2O4. The van der Waals surface area contributed by atoms with Crippen LogP contribution in [0.1, 0.15) is 42.8 Å². The van der Waals surface area contributed by atoms with Crippen molar-refractivity contribution in [1.29, 1.82) is 0 Å². The third kappa shape index (κ3) is 2.46. The van der Waals surface area contributed by atoms with E-state index in [4.69, 9.17) is 4.52 Å². The van der Waals surface area contributed by atoms with E-state index >= 15 is 0 Å². The average molecular weight is 240 g/mol. The standard InChI is InChI=1S/C11H16N2O4/c1-4-11(5-2,10(15)16)13-9(14)8-7(3)6-12-17-8/h6H,4-5H2,1-3H3,(H,13,14)(H,15,16). The molecule has 17 heavy (non-hydrogen) atoms. The zero-order valence-electron chi connectivity index (χ0n) is 10.1. The number of amides is 1. The predicted octanol–water partition coefficient (Wildman–Crippen LogP) is 1.36. The van der Waals surface area contributed by atoms with Gasteiger partial charge in [0.05, 0.1) is 6.20 Å². The van der Waals surface area contributed by atoms with Crippen LogP contribution in [0.25, 0.3) is 0 Å². The SMILES string of the molecule is CCC(CC)(NC(=O)c1oncc1C)C(=O)O. The summed E-state index contributed by atoms with van der Waals surface area (Å²) < 4.78 is 4.79. The van der Waals surface area contributed by atoms with Gasteiger partial charge in [-0.2, -0.15) is 0 Å². The van der Waals surface area contributed by atoms with Crippen molar-refractivity contribution in [2.45, 2.75) is 39.2 Å². The number of aryl methyl sites for hydroxylation is 1. The fourth-order valence-corrected chi connectivity index (χ4v) is 1.57. The van der Waals surface area contributed by atoms with Crippen molar-refractivity contribution < 1.29 is 19.2 Å². The van der Waals surface area contributed by atoms with Crippen molar-refractivity contribution in [2.75, 3.05) is 0 Å². The highest BCUT2D eigenvalue weighted by Crippen LogP contribution is 2.17. The first-order chi connectivity index (χ1) is 7.96. The number of hydrogen-bond donors (Lipinski definition) is 2. The highest BCUT2D eigenvalue weighted by atomic mass is 16.5. The minimum atomic E-state index is -1.25. The zero-order valence-corrected chi connectivity index (χ0v) is 10.1. The van der Waals surface area contributed by atoms with Crippen LogP contribution in [-0.2, 0) is 4.79 Å². The Morgan fingerprint density at radius 3 is 2.41 bits per heavy atom. The molecule has 0 radical (unpaired) electrons. The first-order valence-electron chi connectivity index (χ1n) is 5.44. The molecule has 6 heteroatoms. The molecule has 0 spiro atoms. The van der Waals surface area contributed by atoms with Crippen molar-refractivity contribution in [2.24, 2.45) is 0 Å². The molecule has 2 N–H and O–H groups in total. The smallest absolute Gasteiger partial charge is 0.329 e. The van der Waals surface area contributed by atoms with Crippen molar-refractivity contribution >= 4 is 11.9 Å². The second-order valence-corrected chi connectivity index (χ2v) is 3.89. The van der Waals surface area contributed by atoms with Crippen LogP contribution in [0, 0.1) is 6.92 Å². The lowest BCUT2D eigenvalue weighted by atomic mass is 9.92. The topological polar surface area (TPSA) is 92.4 Å². The van der Waals surface area contributed by atoms with Gasteiger partial charge in [0, 0.05) is 5.56 Å². The van der Waals surface area contributed by atoms with Gasteiger partial charge in [-0.3, -0.25) is 4.79 Å². The molecule has 0 aliphatic heterocycles. The number of carbonyl (C=O) groups excluding carboxylic acids is 1. The minimum absolute atomic E-state index is 0.0533. The van der Waals surface area contributed by atoms with Crippen LogP contribution < -0.4 is 5.32 Å². The molecule has 0 bridgehead atoms. The van der Waals surface area contributed by atoms with Gasteiger partial charge in [0.2, 0.25) is 5.76 Å². The van der Waals surface area contributed by atoms with E-state index in [-0.39, 0.29) is 5.76 Å². The summed E-state index contributed by atoms with van der Waals surface area (Å²) in [6, 6.07) is 0. The maximum Gasteiger partial charge on any atom is 0.329 e. The molecule has 0 aromatic carbocycles. The third-order valence-electron chi connectivity index (χ3n) is 2.92. The van der Waals surface area contributed by atoms with Gasteiger partial charge in [0.1, 0.15) is 5.54 Å². The van der Waals surface area contributed by atoms with E-state index in [1.54, 1.807) is 20.8 Å². The number of rotatable bonds is 5. The number of nitrogens with zero attached hydrogens (tertiary/aromatic N) is 1. The number of carbonyl (C=O) groups is 2. The van der Waals surface area contributed by atoms with Gasteiger partial charge in [-0.25, -0.2) is 4.79 Å². The Balaban J connectivity index is 2.93. The second-order valence-electron chi connectivity index (χ2n) is 3.89. The second kappa shape index (κ2) is 4.99. The molecule has 0 fully saturated rings. The van der Waals surface area contributed by atoms with Gasteiger partial charge >= 0.3 is 5.97 Å². The van der Waals surface area contributed by atoms with E-state index in [1.165, 1.54) is 6.20 Å². The number of aliphatic carboxylic acids is 1. The Hall–Kier alpha value is -1.85. The Kier molecular flexibility index (Phi) is 3.88. The summed E-state index contributed by atoms with van der Waals surface area (Å²) in [6.07, 6.45) is 2.02. The Morgan fingerprint density at radius 1 is 1.47 bits per heavy atom. The minimum Gasteiger partial charge on any atom is -0.480 e. The predicted molar refractivity (Wildman–Crippen MR) is 59.7 cm³/mol. The molecule has 0 atom stereocenters. The fourth-order valence-electron chi connectivity index (χ4n) is 1.57. The molecule has 0 saturated heterocycles. The first-order valence-corrected chi connectivity index (χ1v) is 5.44. The van der Waals surface area contributed by atoms with Crippen LogP contribution in [-0.4, -0.2) is 27.7 Å². The number of carboxylic acid groups (broad SMARTS) is 1. The van der Waals surface area contributed by atoms with Crippen LogP contribution >= 0.6 is 0 Å². The summed E-state index contributed by atoms with van der Waals surface area (Å²) in [5.41, 5.74) is -0.676. The highest BCUT2D eigenvalue weighted by molar-refractivity contribution is 5.96. The van der Waals surface area contributed by atoms with Gasteiger partial charge in [0.25, 0.3) is 5.91 Å². The normalized spacial score (nSPS) is 11.2. The van der Waals surface area contributed by atoms with Crippen LogP contribution in [0.4, 0.5) is 0 Å². The van der Waals surface area contributed by atoms with E-state index < -0.39 is 17.4 Å². The molecule has 0 unspecified atom stereocenters. The number of aromatic nitrogens is 1. The van der Waals surface area contributed by atoms with E-state index in [0.717, 1.165) is 0 Å². The highest BCUT2D eigenvalue weighted by Gasteiger charge is 2.37. The van der Waals surface area contributed by atoms with Gasteiger partial charge in [-0.15, -0.1) is 0 Å². The average Bonchev–Trinajstić information content (AvgIpc) is 2.72. The maximum absolute atomic E-state index is 11.9. The molecule has 1 amide bonds. The van der Waals surface area contributed by atoms with Gasteiger partial charge in [0.15, 0.2) is 0 Å². The van der Waals surface area contributed by atoms with Crippen molar-refractivity contribution in [3.63, 3.8) is 0 Å². The fraction of sp³-hybridized carbons (Fsp3) is 0.545. The van der Waals surface area contributed by atoms with E-state index in [9.17, 15) is 14.7 Å². The number of nitrogens with one attached hydrogen (secondary N) is 1. The summed E-state index contributed by atoms with van der Waals surface area (Å²) in [7, 11) is 0. The van der Waals surface area contributed by atoms with Crippen molar-refractivity contribution in [1.82, 2.24) is 10.5 Å². The lowest BCUT2D eigenvalue weighted by molar-refractivity contribution is -0.144. The Morgan fingerprint density at radius 2 is 2.06 bits per heavy atom. The summed E-state index contributed by atoms with van der Waals surface area (Å²) in [5, 5.41) is 15.2. The van der Waals surface area contributed by atoms with Crippen LogP contribution in [0.5, 0.6) is 0 Å². The molecule has 1 rings (SSSR count). The molecular weight excluding hydrogens is 224 g/mol. The van der Waals surface area contributed by atoms with Gasteiger partial charge in [-0.1, -0.05) is 19.0 Å². The van der Waals surface area contributed by atoms with E-state index in [1.807, 2.05) is 0 Å². The lowest BCUT2D eigenvalue weighted by Gasteiger charge is -2.27. The molecule has 1 aromatic rings. The molecule has 1 heterocycles. The summed E-state index contributed by atoms with van der Waals surface area (Å²) in [5.74, 6) is -1.54. The van der Waals surface area contributed by atoms with Crippen LogP contribution in [0.15, 0.2) is 10.7 Å². The summed E-state index contributed by atoms with van der Waals surface area (Å²) in [4.78, 5) is 23.1. The quantitative estimate of drug-likeness (QED) is 0.810. The molecule has 1 aromatic heterocycles. The summed E-state index contributed by atoms with van der Waals surface area (Å²) >= 11 is 0. The van der Waals surface area contributed by atoms with Crippen LogP contribution in [0.2, 0.25) is 0 Å². The Labute approximate surface area is 99.0 Å². The molecule has 0 saturated carbocycles. The van der Waals surface area contributed by atoms with Gasteiger partial charge < -0.3 is 14.9 Å². The molecule has 0 aliphatic carbocycles. The Bertz CT molecular complexity index is 421.